The number of ether oxygens (including phenoxy) is 1. The number of aromatic nitrogens is 2. The summed E-state index contributed by atoms with van der Waals surface area (Å²) in [4.78, 5) is 0. The second-order valence-corrected chi connectivity index (χ2v) is 3.74. The molecule has 0 bridgehead atoms. The second-order valence-electron chi connectivity index (χ2n) is 3.74. The first-order valence-corrected chi connectivity index (χ1v) is 5.41. The Morgan fingerprint density at radius 3 is 2.56 bits per heavy atom. The molecule has 0 fully saturated rings. The van der Waals surface area contributed by atoms with Crippen molar-refractivity contribution in [3.05, 3.63) is 35.9 Å². The van der Waals surface area contributed by atoms with Crippen LogP contribution in [0.2, 0.25) is 0 Å². The molecule has 0 aliphatic heterocycles. The van der Waals surface area contributed by atoms with Crippen LogP contribution in [-0.4, -0.2) is 24.4 Å². The van der Waals surface area contributed by atoms with Crippen LogP contribution in [0.4, 0.5) is 5.82 Å². The van der Waals surface area contributed by atoms with Crippen LogP contribution in [0, 0.1) is 6.92 Å². The van der Waals surface area contributed by atoms with E-state index in [1.165, 1.54) is 0 Å². The van der Waals surface area contributed by atoms with Crippen molar-refractivity contribution in [3.63, 3.8) is 0 Å². The highest BCUT2D eigenvalue weighted by atomic mass is 35.5. The molecule has 0 saturated carbocycles. The lowest BCUT2D eigenvalue weighted by Gasteiger charge is -2.06. The first kappa shape index (κ1) is 14.3. The maximum Gasteiger partial charge on any atom is 0.151 e. The van der Waals surface area contributed by atoms with Crippen molar-refractivity contribution in [1.29, 1.82) is 0 Å². The van der Waals surface area contributed by atoms with E-state index in [2.05, 4.69) is 15.5 Å². The molecule has 4 nitrogen and oxygen atoms in total. The first-order valence-electron chi connectivity index (χ1n) is 5.41. The number of nitrogens with zero attached hydrogens (tertiary/aromatic N) is 2. The van der Waals surface area contributed by atoms with Crippen molar-refractivity contribution < 1.29 is 4.74 Å². The number of hydrogen-bond acceptors (Lipinski definition) is 4. The van der Waals surface area contributed by atoms with Crippen LogP contribution >= 0.6 is 12.4 Å². The standard InChI is InChI=1S/C13H15N3O.ClH/c1-9-7-12(15-16-13(9)14-2)10-5-4-6-11(8-10)17-3;/h4-8H,1-3H3,(H,14,16);1H. The van der Waals surface area contributed by atoms with E-state index in [-0.39, 0.29) is 12.4 Å². The molecule has 0 atom stereocenters. The number of methoxy groups -OCH3 is 1. The van der Waals surface area contributed by atoms with Gasteiger partial charge in [0.05, 0.1) is 12.8 Å². The third-order valence-corrected chi connectivity index (χ3v) is 2.59. The lowest BCUT2D eigenvalue weighted by molar-refractivity contribution is 0.415. The maximum absolute atomic E-state index is 5.19. The SMILES string of the molecule is CNc1nnc(-c2cccc(OC)c2)cc1C.Cl. The zero-order chi connectivity index (χ0) is 12.3. The van der Waals surface area contributed by atoms with Gasteiger partial charge < -0.3 is 10.1 Å². The molecule has 0 amide bonds. The van der Waals surface area contributed by atoms with E-state index >= 15 is 0 Å². The zero-order valence-electron chi connectivity index (χ0n) is 10.6. The number of nitrogens with one attached hydrogen (secondary N) is 1. The molecule has 0 aliphatic rings. The van der Waals surface area contributed by atoms with Gasteiger partial charge in [-0.15, -0.1) is 22.6 Å². The van der Waals surface area contributed by atoms with Crippen molar-refractivity contribution in [2.45, 2.75) is 6.92 Å². The predicted octanol–water partition coefficient (Wildman–Crippen LogP) is 2.92. The summed E-state index contributed by atoms with van der Waals surface area (Å²) < 4.78 is 5.19. The van der Waals surface area contributed by atoms with Crippen molar-refractivity contribution in [1.82, 2.24) is 10.2 Å². The normalized spacial score (nSPS) is 9.50. The van der Waals surface area contributed by atoms with Crippen LogP contribution in [0.25, 0.3) is 11.3 Å². The number of hydrogen-bond donors (Lipinski definition) is 1. The fourth-order valence-corrected chi connectivity index (χ4v) is 1.66. The van der Waals surface area contributed by atoms with E-state index in [4.69, 9.17) is 4.74 Å². The van der Waals surface area contributed by atoms with Crippen LogP contribution in [0.5, 0.6) is 5.75 Å². The molecule has 1 aromatic carbocycles. The molecule has 2 aromatic rings. The molecule has 0 aliphatic carbocycles. The summed E-state index contributed by atoms with van der Waals surface area (Å²) >= 11 is 0. The molecule has 0 spiro atoms. The molecule has 18 heavy (non-hydrogen) atoms. The van der Waals surface area contributed by atoms with Crippen LogP contribution in [0.15, 0.2) is 30.3 Å². The minimum Gasteiger partial charge on any atom is -0.497 e. The highest BCUT2D eigenvalue weighted by Crippen LogP contribution is 2.23. The monoisotopic (exact) mass is 265 g/mol. The van der Waals surface area contributed by atoms with Crippen molar-refractivity contribution in [2.75, 3.05) is 19.5 Å². The van der Waals surface area contributed by atoms with E-state index in [1.54, 1.807) is 7.11 Å². The quantitative estimate of drug-likeness (QED) is 0.927. The summed E-state index contributed by atoms with van der Waals surface area (Å²) in [5.41, 5.74) is 2.92. The largest absolute Gasteiger partial charge is 0.497 e. The number of anilines is 1. The van der Waals surface area contributed by atoms with Gasteiger partial charge in [0.2, 0.25) is 0 Å². The van der Waals surface area contributed by atoms with Gasteiger partial charge in [0, 0.05) is 12.6 Å². The Bertz CT molecular complexity index is 531. The summed E-state index contributed by atoms with van der Waals surface area (Å²) in [6.45, 7) is 2.00. The zero-order valence-corrected chi connectivity index (χ0v) is 11.4. The first-order chi connectivity index (χ1) is 8.24. The average molecular weight is 266 g/mol. The third kappa shape index (κ3) is 2.90. The molecule has 1 aromatic heterocycles. The molecule has 1 N–H and O–H groups in total. The minimum atomic E-state index is 0. The average Bonchev–Trinajstić information content (AvgIpc) is 2.38. The van der Waals surface area contributed by atoms with Gasteiger partial charge in [-0.05, 0) is 30.7 Å². The Morgan fingerprint density at radius 2 is 1.94 bits per heavy atom. The van der Waals surface area contributed by atoms with Gasteiger partial charge in [-0.1, -0.05) is 12.1 Å². The molecule has 0 radical (unpaired) electrons. The van der Waals surface area contributed by atoms with Crippen LogP contribution < -0.4 is 10.1 Å². The topological polar surface area (TPSA) is 47.0 Å². The summed E-state index contributed by atoms with van der Waals surface area (Å²) in [6.07, 6.45) is 0. The van der Waals surface area contributed by atoms with E-state index in [9.17, 15) is 0 Å². The van der Waals surface area contributed by atoms with E-state index in [0.717, 1.165) is 28.4 Å². The highest BCUT2D eigenvalue weighted by Gasteiger charge is 2.05. The maximum atomic E-state index is 5.19. The van der Waals surface area contributed by atoms with Gasteiger partial charge in [-0.3, -0.25) is 0 Å². The molecular weight excluding hydrogens is 250 g/mol. The summed E-state index contributed by atoms with van der Waals surface area (Å²) in [7, 11) is 3.49. The molecule has 96 valence electrons. The van der Waals surface area contributed by atoms with Crippen LogP contribution in [-0.2, 0) is 0 Å². The third-order valence-electron chi connectivity index (χ3n) is 2.59. The van der Waals surface area contributed by atoms with Crippen molar-refractivity contribution >= 4 is 18.2 Å². The van der Waals surface area contributed by atoms with E-state index in [0.29, 0.717) is 0 Å². The Kier molecular flexibility index (Phi) is 4.92. The number of benzene rings is 1. The van der Waals surface area contributed by atoms with Crippen molar-refractivity contribution in [2.24, 2.45) is 0 Å². The summed E-state index contributed by atoms with van der Waals surface area (Å²) in [5, 5.41) is 11.3. The van der Waals surface area contributed by atoms with Gasteiger partial charge >= 0.3 is 0 Å². The number of aryl methyl sites for hydroxylation is 1. The Labute approximate surface area is 113 Å². The van der Waals surface area contributed by atoms with Crippen LogP contribution in [0.1, 0.15) is 5.56 Å². The van der Waals surface area contributed by atoms with Gasteiger partial charge in [0.25, 0.3) is 0 Å². The lowest BCUT2D eigenvalue weighted by Crippen LogP contribution is -1.99. The van der Waals surface area contributed by atoms with Crippen molar-refractivity contribution in [3.8, 4) is 17.0 Å². The van der Waals surface area contributed by atoms with E-state index < -0.39 is 0 Å². The lowest BCUT2D eigenvalue weighted by atomic mass is 10.1. The van der Waals surface area contributed by atoms with E-state index in [1.807, 2.05) is 44.3 Å². The highest BCUT2D eigenvalue weighted by molar-refractivity contribution is 5.85. The molecule has 5 heteroatoms. The van der Waals surface area contributed by atoms with Gasteiger partial charge in [0.15, 0.2) is 5.82 Å². The molecule has 2 rings (SSSR count). The number of rotatable bonds is 3. The molecule has 0 unspecified atom stereocenters. The van der Waals surface area contributed by atoms with Gasteiger partial charge in [-0.2, -0.15) is 0 Å². The Balaban J connectivity index is 0.00000162. The summed E-state index contributed by atoms with van der Waals surface area (Å²) in [6, 6.07) is 9.80. The van der Waals surface area contributed by atoms with Crippen LogP contribution in [0.3, 0.4) is 0 Å². The Morgan fingerprint density at radius 1 is 1.17 bits per heavy atom. The predicted molar refractivity (Wildman–Crippen MR) is 75.6 cm³/mol. The smallest absolute Gasteiger partial charge is 0.151 e. The molecular formula is C13H16ClN3O. The summed E-state index contributed by atoms with van der Waals surface area (Å²) in [5.74, 6) is 1.62. The fourth-order valence-electron chi connectivity index (χ4n) is 1.66. The van der Waals surface area contributed by atoms with Gasteiger partial charge in [-0.25, -0.2) is 0 Å². The van der Waals surface area contributed by atoms with Gasteiger partial charge in [0.1, 0.15) is 5.75 Å². The minimum absolute atomic E-state index is 0. The Hall–Kier alpha value is -1.81. The second kappa shape index (κ2) is 6.21. The molecule has 0 saturated heterocycles. The fraction of sp³-hybridized carbons (Fsp3) is 0.231. The number of halogens is 1. The molecule has 1 heterocycles.